The van der Waals surface area contributed by atoms with Gasteiger partial charge in [-0.05, 0) is 24.3 Å². The molecule has 0 amide bonds. The second-order valence-corrected chi connectivity index (χ2v) is 4.12. The zero-order valence-electron chi connectivity index (χ0n) is 10.3. The molecule has 2 rings (SSSR count). The predicted octanol–water partition coefficient (Wildman–Crippen LogP) is 1.01. The van der Waals surface area contributed by atoms with Gasteiger partial charge in [-0.3, -0.25) is 4.79 Å². The number of ether oxygens (including phenoxy) is 2. The van der Waals surface area contributed by atoms with E-state index in [4.69, 9.17) is 9.47 Å². The zero-order valence-corrected chi connectivity index (χ0v) is 10.3. The molecule has 0 unspecified atom stereocenters. The quantitative estimate of drug-likeness (QED) is 0.589. The molecule has 1 heterocycles. The minimum absolute atomic E-state index is 0.345. The summed E-state index contributed by atoms with van der Waals surface area (Å²) in [6.07, 6.45) is 0.462. The van der Waals surface area contributed by atoms with Crippen molar-refractivity contribution in [2.75, 3.05) is 18.6 Å². The number of aldehydes is 1. The van der Waals surface area contributed by atoms with Crippen molar-refractivity contribution in [2.24, 2.45) is 0 Å². The van der Waals surface area contributed by atoms with Crippen LogP contribution in [0.3, 0.4) is 0 Å². The van der Waals surface area contributed by atoms with Gasteiger partial charge in [0.25, 0.3) is 0 Å². The van der Waals surface area contributed by atoms with Gasteiger partial charge in [0.05, 0.1) is 13.7 Å². The van der Waals surface area contributed by atoms with Gasteiger partial charge in [-0.2, -0.15) is 0 Å². The Bertz CT molecular complexity index is 443. The van der Waals surface area contributed by atoms with Crippen LogP contribution in [0.5, 0.6) is 5.75 Å². The monoisotopic (exact) mass is 249 g/mol. The van der Waals surface area contributed by atoms with E-state index >= 15 is 0 Å². The summed E-state index contributed by atoms with van der Waals surface area (Å²) in [5.74, 6) is 0.402. The molecule has 0 aliphatic carbocycles. The molecule has 1 saturated heterocycles. The molecule has 2 atom stereocenters. The highest BCUT2D eigenvalue weighted by atomic mass is 16.5. The summed E-state index contributed by atoms with van der Waals surface area (Å²) in [6.45, 7) is 1.88. The summed E-state index contributed by atoms with van der Waals surface area (Å²) < 4.78 is 10.1. The number of methoxy groups -OCH3 is 1. The van der Waals surface area contributed by atoms with Gasteiger partial charge < -0.3 is 19.2 Å². The minimum atomic E-state index is -0.401. The summed E-state index contributed by atoms with van der Waals surface area (Å²) in [5.41, 5.74) is 0.913. The maximum Gasteiger partial charge on any atom is 0.303 e. The highest BCUT2D eigenvalue weighted by molar-refractivity contribution is 5.73. The molecule has 0 radical (unpaired) electrons. The smallest absolute Gasteiger partial charge is 0.303 e. The molecule has 0 N–H and O–H groups in total. The van der Waals surface area contributed by atoms with Crippen LogP contribution in [-0.2, 0) is 14.3 Å². The Balaban J connectivity index is 2.06. The van der Waals surface area contributed by atoms with Crippen LogP contribution in [0.15, 0.2) is 24.3 Å². The minimum Gasteiger partial charge on any atom is -0.497 e. The van der Waals surface area contributed by atoms with Gasteiger partial charge in [-0.1, -0.05) is 0 Å². The lowest BCUT2D eigenvalue weighted by molar-refractivity contribution is -0.150. The van der Waals surface area contributed by atoms with Crippen LogP contribution in [-0.4, -0.2) is 38.1 Å². The Morgan fingerprint density at radius 3 is 2.56 bits per heavy atom. The average Bonchev–Trinajstić information content (AvgIpc) is 2.34. The molecular weight excluding hydrogens is 234 g/mol. The zero-order chi connectivity index (χ0) is 13.1. The van der Waals surface area contributed by atoms with Crippen molar-refractivity contribution in [1.29, 1.82) is 0 Å². The van der Waals surface area contributed by atoms with Gasteiger partial charge in [0, 0.05) is 12.6 Å². The van der Waals surface area contributed by atoms with Gasteiger partial charge in [0.2, 0.25) is 0 Å². The number of rotatable bonds is 4. The number of anilines is 1. The van der Waals surface area contributed by atoms with Gasteiger partial charge >= 0.3 is 5.97 Å². The molecule has 0 bridgehead atoms. The third kappa shape index (κ3) is 2.30. The lowest BCUT2D eigenvalue weighted by Crippen LogP contribution is -2.62. The van der Waals surface area contributed by atoms with Gasteiger partial charge in [-0.25, -0.2) is 0 Å². The number of carbonyl (C=O) groups is 2. The van der Waals surface area contributed by atoms with E-state index in [1.165, 1.54) is 6.92 Å². The van der Waals surface area contributed by atoms with E-state index in [1.807, 2.05) is 29.2 Å². The summed E-state index contributed by atoms with van der Waals surface area (Å²) in [4.78, 5) is 23.8. The molecule has 5 heteroatoms. The summed E-state index contributed by atoms with van der Waals surface area (Å²) in [5, 5.41) is 0. The van der Waals surface area contributed by atoms with Gasteiger partial charge in [0.1, 0.15) is 24.2 Å². The number of benzene rings is 1. The van der Waals surface area contributed by atoms with Crippen LogP contribution in [0.4, 0.5) is 5.69 Å². The van der Waals surface area contributed by atoms with Crippen molar-refractivity contribution in [3.63, 3.8) is 0 Å². The summed E-state index contributed by atoms with van der Waals surface area (Å²) in [6, 6.07) is 7.01. The van der Waals surface area contributed by atoms with E-state index in [9.17, 15) is 9.59 Å². The second-order valence-electron chi connectivity index (χ2n) is 4.12. The first-order chi connectivity index (χ1) is 8.65. The topological polar surface area (TPSA) is 55.8 Å². The van der Waals surface area contributed by atoms with E-state index in [0.717, 1.165) is 17.7 Å². The molecule has 5 nitrogen and oxygen atoms in total. The summed E-state index contributed by atoms with van der Waals surface area (Å²) >= 11 is 0. The maximum absolute atomic E-state index is 11.0. The van der Waals surface area contributed by atoms with E-state index in [0.29, 0.717) is 6.54 Å². The van der Waals surface area contributed by atoms with Gasteiger partial charge in [0.15, 0.2) is 0 Å². The fourth-order valence-corrected chi connectivity index (χ4v) is 2.02. The van der Waals surface area contributed by atoms with E-state index in [2.05, 4.69) is 0 Å². The van der Waals surface area contributed by atoms with Crippen molar-refractivity contribution in [2.45, 2.75) is 19.1 Å². The lowest BCUT2D eigenvalue weighted by atomic mass is 9.99. The van der Waals surface area contributed by atoms with Crippen LogP contribution in [0.1, 0.15) is 6.92 Å². The molecule has 1 aliphatic heterocycles. The predicted molar refractivity (Wildman–Crippen MR) is 65.7 cm³/mol. The van der Waals surface area contributed by atoms with Crippen LogP contribution >= 0.6 is 0 Å². The molecule has 96 valence electrons. The van der Waals surface area contributed by atoms with Crippen molar-refractivity contribution in [1.82, 2.24) is 0 Å². The molecule has 0 aromatic heterocycles. The Kier molecular flexibility index (Phi) is 3.50. The molecular formula is C13H15NO4. The van der Waals surface area contributed by atoms with Crippen LogP contribution in [0.2, 0.25) is 0 Å². The Labute approximate surface area is 105 Å². The molecule has 1 aliphatic rings. The number of nitrogens with zero attached hydrogens (tertiary/aromatic N) is 1. The highest BCUT2D eigenvalue weighted by Gasteiger charge is 2.41. The Morgan fingerprint density at radius 2 is 2.06 bits per heavy atom. The highest BCUT2D eigenvalue weighted by Crippen LogP contribution is 2.29. The Morgan fingerprint density at radius 1 is 1.39 bits per heavy atom. The van der Waals surface area contributed by atoms with Crippen LogP contribution in [0.25, 0.3) is 0 Å². The third-order valence-corrected chi connectivity index (χ3v) is 2.98. The number of hydrogen-bond acceptors (Lipinski definition) is 5. The second kappa shape index (κ2) is 5.08. The van der Waals surface area contributed by atoms with E-state index in [-0.39, 0.29) is 12.1 Å². The number of carbonyl (C=O) groups excluding carboxylic acids is 2. The molecule has 1 aromatic rings. The molecule has 18 heavy (non-hydrogen) atoms. The van der Waals surface area contributed by atoms with Crippen molar-refractivity contribution in [3.8, 4) is 5.75 Å². The standard InChI is InChI=1S/C13H15NO4/c1-9(16)18-13-7-14(12(13)8-15)10-3-5-11(17-2)6-4-10/h3-6,8,12-13H,7H2,1-2H3/t12-,13-/m1/s1. The molecule has 1 aromatic carbocycles. The van der Waals surface area contributed by atoms with Crippen LogP contribution < -0.4 is 9.64 Å². The number of hydrogen-bond donors (Lipinski definition) is 0. The van der Waals surface area contributed by atoms with Crippen molar-refractivity contribution >= 4 is 17.9 Å². The van der Waals surface area contributed by atoms with Crippen LogP contribution in [0, 0.1) is 0 Å². The van der Waals surface area contributed by atoms with E-state index < -0.39 is 6.04 Å². The maximum atomic E-state index is 11.0. The van der Waals surface area contributed by atoms with Crippen molar-refractivity contribution in [3.05, 3.63) is 24.3 Å². The van der Waals surface area contributed by atoms with Crippen molar-refractivity contribution < 1.29 is 19.1 Å². The first kappa shape index (κ1) is 12.4. The summed E-state index contributed by atoms with van der Waals surface area (Å²) in [7, 11) is 1.60. The molecule has 0 spiro atoms. The number of esters is 1. The average molecular weight is 249 g/mol. The third-order valence-electron chi connectivity index (χ3n) is 2.98. The normalized spacial score (nSPS) is 22.0. The largest absolute Gasteiger partial charge is 0.497 e. The fraction of sp³-hybridized carbons (Fsp3) is 0.385. The van der Waals surface area contributed by atoms with Gasteiger partial charge in [-0.15, -0.1) is 0 Å². The van der Waals surface area contributed by atoms with E-state index in [1.54, 1.807) is 7.11 Å². The SMILES string of the molecule is COc1ccc(N2C[C@@H](OC(C)=O)[C@H]2C=O)cc1. The fourth-order valence-electron chi connectivity index (χ4n) is 2.02. The Hall–Kier alpha value is -2.04. The first-order valence-corrected chi connectivity index (χ1v) is 5.69. The molecule has 0 saturated carbocycles. The molecule has 1 fully saturated rings. The lowest BCUT2D eigenvalue weighted by Gasteiger charge is -2.45. The first-order valence-electron chi connectivity index (χ1n) is 5.69.